The van der Waals surface area contributed by atoms with E-state index in [1.165, 1.54) is 4.90 Å². The fraction of sp³-hybridized carbons (Fsp3) is 0.200. The van der Waals surface area contributed by atoms with E-state index in [0.717, 1.165) is 53.7 Å². The lowest BCUT2D eigenvalue weighted by molar-refractivity contribution is -0.123. The van der Waals surface area contributed by atoms with Gasteiger partial charge in [-0.1, -0.05) is 29.8 Å². The molecule has 2 aliphatic rings. The van der Waals surface area contributed by atoms with Crippen molar-refractivity contribution in [2.75, 3.05) is 6.61 Å². The first-order valence-electron chi connectivity index (χ1n) is 8.36. The zero-order valence-corrected chi connectivity index (χ0v) is 15.5. The lowest BCUT2D eigenvalue weighted by atomic mass is 10.0. The number of carbonyl (C=O) groups excluding carboxylic acids is 2. The van der Waals surface area contributed by atoms with Gasteiger partial charge in [0.15, 0.2) is 0 Å². The van der Waals surface area contributed by atoms with Gasteiger partial charge in [0.25, 0.3) is 11.1 Å². The van der Waals surface area contributed by atoms with Gasteiger partial charge in [-0.25, -0.2) is 0 Å². The van der Waals surface area contributed by atoms with Crippen LogP contribution in [-0.4, -0.2) is 22.7 Å². The number of carbonyl (C=O) groups is 2. The summed E-state index contributed by atoms with van der Waals surface area (Å²) in [6, 6.07) is 13.0. The van der Waals surface area contributed by atoms with Crippen LogP contribution in [0, 0.1) is 0 Å². The van der Waals surface area contributed by atoms with Crippen molar-refractivity contribution in [2.24, 2.45) is 0 Å². The van der Waals surface area contributed by atoms with Crippen molar-refractivity contribution in [3.05, 3.63) is 69.1 Å². The van der Waals surface area contributed by atoms with Crippen LogP contribution in [-0.2, 0) is 17.8 Å². The molecule has 2 amide bonds. The summed E-state index contributed by atoms with van der Waals surface area (Å²) in [6.07, 6.45) is 3.74. The molecule has 0 N–H and O–H groups in total. The van der Waals surface area contributed by atoms with E-state index >= 15 is 0 Å². The molecule has 4 nitrogen and oxygen atoms in total. The predicted octanol–water partition coefficient (Wildman–Crippen LogP) is 4.90. The lowest BCUT2D eigenvalue weighted by Gasteiger charge is -2.17. The molecule has 2 aliphatic heterocycles. The zero-order valence-electron chi connectivity index (χ0n) is 13.9. The van der Waals surface area contributed by atoms with Crippen molar-refractivity contribution in [3.63, 3.8) is 0 Å². The molecule has 26 heavy (non-hydrogen) atoms. The predicted molar refractivity (Wildman–Crippen MR) is 103 cm³/mol. The van der Waals surface area contributed by atoms with Crippen molar-refractivity contribution < 1.29 is 14.3 Å². The molecule has 1 fully saturated rings. The minimum Gasteiger partial charge on any atom is -0.493 e. The third-order valence-electron chi connectivity index (χ3n) is 4.36. The number of halogens is 1. The topological polar surface area (TPSA) is 46.6 Å². The fourth-order valence-corrected chi connectivity index (χ4v) is 3.99. The number of hydrogen-bond donors (Lipinski definition) is 0. The van der Waals surface area contributed by atoms with E-state index in [4.69, 9.17) is 16.3 Å². The maximum Gasteiger partial charge on any atom is 0.293 e. The van der Waals surface area contributed by atoms with E-state index in [-0.39, 0.29) is 17.7 Å². The summed E-state index contributed by atoms with van der Waals surface area (Å²) in [4.78, 5) is 26.6. The molecule has 2 heterocycles. The van der Waals surface area contributed by atoms with Gasteiger partial charge in [0.05, 0.1) is 18.1 Å². The Bertz CT molecular complexity index is 908. The number of imide groups is 1. The summed E-state index contributed by atoms with van der Waals surface area (Å²) in [5.74, 6) is 0.646. The van der Waals surface area contributed by atoms with Crippen LogP contribution in [0.15, 0.2) is 47.4 Å². The number of rotatable bonds is 3. The normalized spacial score (nSPS) is 18.2. The molecule has 0 spiro atoms. The molecule has 0 aromatic heterocycles. The second kappa shape index (κ2) is 7.17. The number of amides is 2. The maximum atomic E-state index is 12.6. The fourth-order valence-electron chi connectivity index (χ4n) is 3.03. The number of thioether (sulfide) groups is 1. The Morgan fingerprint density at radius 1 is 1.15 bits per heavy atom. The molecule has 0 unspecified atom stereocenters. The molecule has 4 rings (SSSR count). The van der Waals surface area contributed by atoms with Gasteiger partial charge in [-0.2, -0.15) is 0 Å². The standard InChI is InChI=1S/C20H16ClNO3S/c21-16-6-3-13(4-7-16)12-22-19(23)18(26-20(22)24)11-14-5-8-17-15(10-14)2-1-9-25-17/h3-8,10-11H,1-2,9,12H2/b18-11+. The van der Waals surface area contributed by atoms with Gasteiger partial charge in [-0.05, 0) is 71.6 Å². The van der Waals surface area contributed by atoms with Crippen LogP contribution in [0.1, 0.15) is 23.1 Å². The van der Waals surface area contributed by atoms with Gasteiger partial charge in [0.1, 0.15) is 5.75 Å². The van der Waals surface area contributed by atoms with E-state index in [1.54, 1.807) is 18.2 Å². The van der Waals surface area contributed by atoms with Gasteiger partial charge in [-0.3, -0.25) is 14.5 Å². The molecule has 2 aromatic rings. The maximum absolute atomic E-state index is 12.6. The van der Waals surface area contributed by atoms with E-state index in [9.17, 15) is 9.59 Å². The van der Waals surface area contributed by atoms with E-state index in [1.807, 2.05) is 30.3 Å². The van der Waals surface area contributed by atoms with Crippen LogP contribution in [0.5, 0.6) is 5.75 Å². The molecule has 0 radical (unpaired) electrons. The Morgan fingerprint density at radius 3 is 2.77 bits per heavy atom. The minimum atomic E-state index is -0.260. The van der Waals surface area contributed by atoms with Gasteiger partial charge in [0, 0.05) is 5.02 Å². The Hall–Kier alpha value is -2.24. The second-order valence-corrected chi connectivity index (χ2v) is 7.64. The molecule has 0 bridgehead atoms. The summed E-state index contributed by atoms with van der Waals surface area (Å²) in [5, 5.41) is 0.372. The van der Waals surface area contributed by atoms with Crippen molar-refractivity contribution in [2.45, 2.75) is 19.4 Å². The SMILES string of the molecule is O=C1S/C(=C/c2ccc3c(c2)CCCO3)C(=O)N1Cc1ccc(Cl)cc1. The smallest absolute Gasteiger partial charge is 0.293 e. The second-order valence-electron chi connectivity index (χ2n) is 6.21. The van der Waals surface area contributed by atoms with Gasteiger partial charge < -0.3 is 4.74 Å². The highest BCUT2D eigenvalue weighted by molar-refractivity contribution is 8.18. The Kier molecular flexibility index (Phi) is 4.74. The van der Waals surface area contributed by atoms with Crippen LogP contribution in [0.4, 0.5) is 4.79 Å². The van der Waals surface area contributed by atoms with Crippen molar-refractivity contribution >= 4 is 40.6 Å². The molecule has 0 saturated carbocycles. The van der Waals surface area contributed by atoms with Gasteiger partial charge in [0.2, 0.25) is 0 Å². The minimum absolute atomic E-state index is 0.247. The van der Waals surface area contributed by atoms with Crippen LogP contribution < -0.4 is 4.74 Å². The summed E-state index contributed by atoms with van der Waals surface area (Å²) >= 11 is 6.86. The number of benzene rings is 2. The number of hydrogen-bond acceptors (Lipinski definition) is 4. The van der Waals surface area contributed by atoms with Gasteiger partial charge in [-0.15, -0.1) is 0 Å². The van der Waals surface area contributed by atoms with E-state index in [2.05, 4.69) is 0 Å². The van der Waals surface area contributed by atoms with Crippen LogP contribution >= 0.6 is 23.4 Å². The molecule has 2 aromatic carbocycles. The lowest BCUT2D eigenvalue weighted by Crippen LogP contribution is -2.27. The average Bonchev–Trinajstić information content (AvgIpc) is 2.91. The van der Waals surface area contributed by atoms with E-state index in [0.29, 0.717) is 9.93 Å². The zero-order chi connectivity index (χ0) is 18.1. The molecule has 0 atom stereocenters. The van der Waals surface area contributed by atoms with Crippen LogP contribution in [0.3, 0.4) is 0 Å². The third kappa shape index (κ3) is 3.50. The summed E-state index contributed by atoms with van der Waals surface area (Å²) in [6.45, 7) is 0.993. The largest absolute Gasteiger partial charge is 0.493 e. The molecule has 0 aliphatic carbocycles. The molecule has 6 heteroatoms. The first kappa shape index (κ1) is 17.2. The number of aryl methyl sites for hydroxylation is 1. The summed E-state index contributed by atoms with van der Waals surface area (Å²) in [5.41, 5.74) is 2.92. The molecule has 132 valence electrons. The van der Waals surface area contributed by atoms with Crippen LogP contribution in [0.2, 0.25) is 5.02 Å². The highest BCUT2D eigenvalue weighted by Crippen LogP contribution is 2.34. The van der Waals surface area contributed by atoms with Crippen molar-refractivity contribution in [1.82, 2.24) is 4.90 Å². The Labute approximate surface area is 160 Å². The van der Waals surface area contributed by atoms with Gasteiger partial charge >= 0.3 is 0 Å². The molecular weight excluding hydrogens is 370 g/mol. The van der Waals surface area contributed by atoms with Crippen molar-refractivity contribution in [1.29, 1.82) is 0 Å². The molecule has 1 saturated heterocycles. The molecular formula is C20H16ClNO3S. The van der Waals surface area contributed by atoms with Crippen molar-refractivity contribution in [3.8, 4) is 5.75 Å². The Morgan fingerprint density at radius 2 is 1.96 bits per heavy atom. The average molecular weight is 386 g/mol. The number of ether oxygens (including phenoxy) is 1. The number of nitrogens with zero attached hydrogens (tertiary/aromatic N) is 1. The quantitative estimate of drug-likeness (QED) is 0.705. The van der Waals surface area contributed by atoms with Crippen LogP contribution in [0.25, 0.3) is 6.08 Å². The number of fused-ring (bicyclic) bond motifs is 1. The summed E-state index contributed by atoms with van der Waals surface area (Å²) in [7, 11) is 0. The highest BCUT2D eigenvalue weighted by atomic mass is 35.5. The third-order valence-corrected chi connectivity index (χ3v) is 5.52. The first-order valence-corrected chi connectivity index (χ1v) is 9.55. The van der Waals surface area contributed by atoms with E-state index < -0.39 is 0 Å². The Balaban J connectivity index is 1.54. The summed E-state index contributed by atoms with van der Waals surface area (Å²) < 4.78 is 5.61. The highest BCUT2D eigenvalue weighted by Gasteiger charge is 2.35. The monoisotopic (exact) mass is 385 g/mol. The first-order chi connectivity index (χ1) is 12.6.